The minimum atomic E-state index is -0.998. The lowest BCUT2D eigenvalue weighted by Crippen LogP contribution is -2.40. The molecule has 0 unspecified atom stereocenters. The molecule has 172 valence electrons. The van der Waals surface area contributed by atoms with Crippen LogP contribution in [0.2, 0.25) is 0 Å². The number of allylic oxidation sites excluding steroid dienone is 3. The zero-order valence-electron chi connectivity index (χ0n) is 18.4. The Hall–Kier alpha value is -2.16. The number of rotatable bonds is 2. The van der Waals surface area contributed by atoms with Crippen LogP contribution in [0.1, 0.15) is 63.1 Å². The molecule has 1 spiro atoms. The molecule has 3 N–H and O–H groups in total. The van der Waals surface area contributed by atoms with Crippen LogP contribution in [-0.2, 0) is 15.1 Å². The van der Waals surface area contributed by atoms with E-state index >= 15 is 0 Å². The SMILES string of the molecule is C=C1C=C/C(C)=C\c2csc(n2)C2(CC2)NC(=O)C[C@](S)(CC(=O)O)CC/C(C)=C\[C@H]1O. The van der Waals surface area contributed by atoms with E-state index in [2.05, 4.69) is 24.5 Å². The van der Waals surface area contributed by atoms with Gasteiger partial charge in [-0.2, -0.15) is 12.6 Å². The highest BCUT2D eigenvalue weighted by molar-refractivity contribution is 7.81. The van der Waals surface area contributed by atoms with Gasteiger partial charge in [0.25, 0.3) is 0 Å². The molecule has 0 radical (unpaired) electrons. The normalized spacial score (nSPS) is 29.8. The number of amides is 1. The number of aliphatic hydroxyl groups is 1. The van der Waals surface area contributed by atoms with Crippen LogP contribution in [0.4, 0.5) is 0 Å². The van der Waals surface area contributed by atoms with Crippen molar-refractivity contribution < 1.29 is 19.8 Å². The van der Waals surface area contributed by atoms with E-state index in [1.807, 2.05) is 31.4 Å². The number of carboxylic acid groups (broad SMARTS) is 1. The van der Waals surface area contributed by atoms with Crippen LogP contribution in [-0.4, -0.2) is 37.9 Å². The fourth-order valence-electron chi connectivity index (χ4n) is 3.73. The number of thiol groups is 1. The smallest absolute Gasteiger partial charge is 0.304 e. The van der Waals surface area contributed by atoms with Crippen molar-refractivity contribution in [2.24, 2.45) is 0 Å². The first-order chi connectivity index (χ1) is 15.0. The average molecular weight is 475 g/mol. The Bertz CT molecular complexity index is 1000. The van der Waals surface area contributed by atoms with Gasteiger partial charge in [-0.3, -0.25) is 9.59 Å². The number of fused-ring (bicyclic) bond motifs is 3. The molecule has 3 rings (SSSR count). The maximum absolute atomic E-state index is 12.9. The molecule has 2 atom stereocenters. The molecule has 1 fully saturated rings. The van der Waals surface area contributed by atoms with Gasteiger partial charge >= 0.3 is 5.97 Å². The van der Waals surface area contributed by atoms with E-state index in [-0.39, 0.29) is 18.7 Å². The van der Waals surface area contributed by atoms with Gasteiger partial charge in [-0.15, -0.1) is 11.3 Å². The zero-order valence-corrected chi connectivity index (χ0v) is 20.1. The molecule has 2 bridgehead atoms. The first-order valence-corrected chi connectivity index (χ1v) is 11.9. The fourth-order valence-corrected chi connectivity index (χ4v) is 5.11. The van der Waals surface area contributed by atoms with Crippen LogP contribution < -0.4 is 5.32 Å². The molecule has 1 amide bonds. The third-order valence-corrected chi connectivity index (χ3v) is 7.38. The van der Waals surface area contributed by atoms with Crippen molar-refractivity contribution in [2.75, 3.05) is 0 Å². The summed E-state index contributed by atoms with van der Waals surface area (Å²) in [6.45, 7) is 7.78. The van der Waals surface area contributed by atoms with Crippen molar-refractivity contribution in [3.63, 3.8) is 0 Å². The van der Waals surface area contributed by atoms with Crippen LogP contribution in [0.5, 0.6) is 0 Å². The van der Waals surface area contributed by atoms with Crippen molar-refractivity contribution in [2.45, 2.75) is 68.8 Å². The maximum atomic E-state index is 12.9. The van der Waals surface area contributed by atoms with Crippen molar-refractivity contribution in [1.82, 2.24) is 10.3 Å². The predicted octanol–water partition coefficient (Wildman–Crippen LogP) is 4.40. The quantitative estimate of drug-likeness (QED) is 0.376. The Balaban J connectivity index is 1.93. The molecule has 1 aliphatic carbocycles. The summed E-state index contributed by atoms with van der Waals surface area (Å²) in [5.41, 5.74) is 2.76. The molecular formula is C24H30N2O4S2. The number of carbonyl (C=O) groups is 2. The number of thiazole rings is 1. The van der Waals surface area contributed by atoms with E-state index in [4.69, 9.17) is 4.98 Å². The molecule has 2 aliphatic rings. The summed E-state index contributed by atoms with van der Waals surface area (Å²) >= 11 is 6.14. The Labute approximate surface area is 198 Å². The second-order valence-corrected chi connectivity index (χ2v) is 10.7. The highest BCUT2D eigenvalue weighted by Crippen LogP contribution is 2.47. The summed E-state index contributed by atoms with van der Waals surface area (Å²) in [4.78, 5) is 29.1. The Kier molecular flexibility index (Phi) is 7.47. The van der Waals surface area contributed by atoms with Crippen LogP contribution in [0.15, 0.2) is 46.9 Å². The first-order valence-electron chi connectivity index (χ1n) is 10.6. The average Bonchev–Trinajstić information content (AvgIpc) is 3.30. The summed E-state index contributed by atoms with van der Waals surface area (Å²) in [5, 5.41) is 25.8. The van der Waals surface area contributed by atoms with Gasteiger partial charge in [0.2, 0.25) is 5.91 Å². The highest BCUT2D eigenvalue weighted by Gasteiger charge is 2.49. The molecule has 6 nitrogen and oxygen atoms in total. The summed E-state index contributed by atoms with van der Waals surface area (Å²) in [6, 6.07) is 0. The number of hydrogen-bond donors (Lipinski definition) is 4. The Morgan fingerprint density at radius 1 is 1.34 bits per heavy atom. The van der Waals surface area contributed by atoms with Crippen molar-refractivity contribution in [3.8, 4) is 0 Å². The highest BCUT2D eigenvalue weighted by atomic mass is 32.1. The third-order valence-electron chi connectivity index (χ3n) is 5.77. The minimum absolute atomic E-state index is 0.00726. The molecule has 1 aromatic heterocycles. The van der Waals surface area contributed by atoms with Crippen LogP contribution in [0, 0.1) is 0 Å². The zero-order chi connectivity index (χ0) is 23.5. The lowest BCUT2D eigenvalue weighted by molar-refractivity contribution is -0.137. The third kappa shape index (κ3) is 6.43. The van der Waals surface area contributed by atoms with E-state index in [0.29, 0.717) is 18.4 Å². The monoisotopic (exact) mass is 474 g/mol. The molecule has 1 aromatic rings. The lowest BCUT2D eigenvalue weighted by Gasteiger charge is -2.28. The standard InChI is InChI=1S/C24H30N2O4S2/c1-15-4-5-17(3)19(27)11-16(2)6-7-23(31,13-21(29)30)12-20(28)26-24(8-9-24)22-25-18(10-15)14-32-22/h4-5,10-11,14,19,27,31H,3,6-9,12-13H2,1-2H3,(H,26,28)(H,29,30)/b5-4?,15-10-,16-11-/t19-,23+/m1/s1. The molecule has 0 aromatic carbocycles. The van der Waals surface area contributed by atoms with Gasteiger partial charge in [0.15, 0.2) is 0 Å². The van der Waals surface area contributed by atoms with Crippen molar-refractivity contribution in [1.29, 1.82) is 0 Å². The second-order valence-electron chi connectivity index (χ2n) is 8.93. The maximum Gasteiger partial charge on any atom is 0.304 e. The van der Waals surface area contributed by atoms with Gasteiger partial charge in [-0.1, -0.05) is 30.4 Å². The van der Waals surface area contributed by atoms with Gasteiger partial charge in [-0.05, 0) is 56.8 Å². The molecule has 1 saturated carbocycles. The van der Waals surface area contributed by atoms with Gasteiger partial charge in [-0.25, -0.2) is 4.98 Å². The van der Waals surface area contributed by atoms with E-state index in [9.17, 15) is 19.8 Å². The topological polar surface area (TPSA) is 99.5 Å². The summed E-state index contributed by atoms with van der Waals surface area (Å²) in [7, 11) is 0. The number of aromatic nitrogens is 1. The Morgan fingerprint density at radius 3 is 2.72 bits per heavy atom. The van der Waals surface area contributed by atoms with Gasteiger partial charge < -0.3 is 15.5 Å². The lowest BCUT2D eigenvalue weighted by atomic mass is 9.91. The van der Waals surface area contributed by atoms with Gasteiger partial charge in [0, 0.05) is 16.5 Å². The summed E-state index contributed by atoms with van der Waals surface area (Å²) in [6.07, 6.45) is 8.76. The van der Waals surface area contributed by atoms with Crippen molar-refractivity contribution >= 4 is 41.9 Å². The molecule has 32 heavy (non-hydrogen) atoms. The predicted molar refractivity (Wildman–Crippen MR) is 131 cm³/mol. The second kappa shape index (κ2) is 9.77. The number of aliphatic hydroxyl groups excluding tert-OH is 1. The molecule has 8 heteroatoms. The number of aliphatic carboxylic acids is 1. The minimum Gasteiger partial charge on any atom is -0.481 e. The van der Waals surface area contributed by atoms with Gasteiger partial charge in [0.1, 0.15) is 5.01 Å². The molecule has 0 saturated heterocycles. The first kappa shape index (κ1) is 24.5. The van der Waals surface area contributed by atoms with Crippen molar-refractivity contribution in [3.05, 3.63) is 57.6 Å². The molecular weight excluding hydrogens is 444 g/mol. The summed E-state index contributed by atoms with van der Waals surface area (Å²) < 4.78 is -0.998. The fraction of sp³-hybridized carbons (Fsp3) is 0.458. The van der Waals surface area contributed by atoms with Gasteiger partial charge in [0.05, 0.1) is 23.8 Å². The van der Waals surface area contributed by atoms with Crippen LogP contribution in [0.25, 0.3) is 6.08 Å². The van der Waals surface area contributed by atoms with E-state index in [1.165, 1.54) is 11.3 Å². The van der Waals surface area contributed by atoms with E-state index in [0.717, 1.165) is 34.7 Å². The Morgan fingerprint density at radius 2 is 2.06 bits per heavy atom. The molecule has 2 heterocycles. The number of carboxylic acids is 1. The largest absolute Gasteiger partial charge is 0.481 e. The number of carbonyl (C=O) groups excluding carboxylic acids is 1. The number of nitrogens with zero attached hydrogens (tertiary/aromatic N) is 1. The van der Waals surface area contributed by atoms with E-state index < -0.39 is 22.4 Å². The number of hydrogen-bond acceptors (Lipinski definition) is 6. The summed E-state index contributed by atoms with van der Waals surface area (Å²) in [5.74, 6) is -1.22. The molecule has 1 aliphatic heterocycles. The van der Waals surface area contributed by atoms with Crippen LogP contribution >= 0.6 is 24.0 Å². The van der Waals surface area contributed by atoms with Crippen LogP contribution in [0.3, 0.4) is 0 Å². The number of nitrogens with one attached hydrogen (secondary N) is 1. The van der Waals surface area contributed by atoms with E-state index in [1.54, 1.807) is 12.2 Å².